The fourth-order valence-electron chi connectivity index (χ4n) is 2.25. The first kappa shape index (κ1) is 10.9. The summed E-state index contributed by atoms with van der Waals surface area (Å²) < 4.78 is 10.4. The number of aliphatic hydroxyl groups is 1. The van der Waals surface area contributed by atoms with Crippen LogP contribution in [0.1, 0.15) is 12.8 Å². The van der Waals surface area contributed by atoms with Crippen LogP contribution in [-0.4, -0.2) is 61.0 Å². The summed E-state index contributed by atoms with van der Waals surface area (Å²) in [5.41, 5.74) is 0. The highest BCUT2D eigenvalue weighted by Gasteiger charge is 2.34. The van der Waals surface area contributed by atoms with Crippen molar-refractivity contribution < 1.29 is 19.4 Å². The van der Waals surface area contributed by atoms with Gasteiger partial charge in [-0.2, -0.15) is 0 Å². The number of amides is 1. The van der Waals surface area contributed by atoms with E-state index in [4.69, 9.17) is 9.47 Å². The quantitative estimate of drug-likeness (QED) is 0.667. The number of hydrogen-bond donors (Lipinski definition) is 1. The topological polar surface area (TPSA) is 59.0 Å². The molecular formula is C10H17NO4. The lowest BCUT2D eigenvalue weighted by Crippen LogP contribution is -2.56. The molecule has 86 valence electrons. The Kier molecular flexibility index (Phi) is 3.56. The maximum Gasteiger partial charge on any atom is 0.249 e. The molecule has 2 aliphatic rings. The summed E-state index contributed by atoms with van der Waals surface area (Å²) in [6.45, 7) is 1.97. The molecule has 5 heteroatoms. The van der Waals surface area contributed by atoms with Crippen molar-refractivity contribution in [3.05, 3.63) is 0 Å². The van der Waals surface area contributed by atoms with Gasteiger partial charge in [0.25, 0.3) is 0 Å². The van der Waals surface area contributed by atoms with Crippen molar-refractivity contribution in [3.8, 4) is 0 Å². The molecule has 0 spiro atoms. The lowest BCUT2D eigenvalue weighted by molar-refractivity contribution is -0.156. The summed E-state index contributed by atoms with van der Waals surface area (Å²) >= 11 is 0. The molecule has 2 aliphatic heterocycles. The van der Waals surface area contributed by atoms with Crippen molar-refractivity contribution in [1.82, 2.24) is 4.90 Å². The number of ether oxygens (including phenoxy) is 2. The van der Waals surface area contributed by atoms with Gasteiger partial charge in [-0.1, -0.05) is 0 Å². The lowest BCUT2D eigenvalue weighted by Gasteiger charge is -2.41. The molecule has 2 saturated heterocycles. The number of morpholine rings is 1. The molecule has 0 aliphatic carbocycles. The molecule has 0 aromatic heterocycles. The molecule has 1 amide bonds. The van der Waals surface area contributed by atoms with E-state index < -0.39 is 0 Å². The molecule has 1 N–H and O–H groups in total. The fourth-order valence-corrected chi connectivity index (χ4v) is 2.25. The van der Waals surface area contributed by atoms with E-state index in [2.05, 4.69) is 0 Å². The molecule has 1 unspecified atom stereocenters. The van der Waals surface area contributed by atoms with Gasteiger partial charge in [0.2, 0.25) is 5.91 Å². The van der Waals surface area contributed by atoms with Crippen molar-refractivity contribution in [2.45, 2.75) is 24.9 Å². The third-order valence-electron chi connectivity index (χ3n) is 3.01. The predicted molar refractivity (Wildman–Crippen MR) is 52.4 cm³/mol. The van der Waals surface area contributed by atoms with E-state index in [-0.39, 0.29) is 31.2 Å². The van der Waals surface area contributed by atoms with Gasteiger partial charge in [0, 0.05) is 19.3 Å². The second-order valence-corrected chi connectivity index (χ2v) is 4.00. The maximum absolute atomic E-state index is 11.7. The highest BCUT2D eigenvalue weighted by Crippen LogP contribution is 2.20. The van der Waals surface area contributed by atoms with Crippen LogP contribution in [0, 0.1) is 0 Å². The molecule has 0 radical (unpaired) electrons. The standard InChI is InChI=1S/C10H17NO4/c12-5-9-6-15-7-10(13)11(9)8-1-3-14-4-2-8/h8-9,12H,1-7H2. The monoisotopic (exact) mass is 215 g/mol. The zero-order valence-electron chi connectivity index (χ0n) is 8.72. The Balaban J connectivity index is 2.03. The second kappa shape index (κ2) is 4.92. The van der Waals surface area contributed by atoms with E-state index in [1.54, 1.807) is 4.90 Å². The van der Waals surface area contributed by atoms with Gasteiger partial charge < -0.3 is 19.5 Å². The molecule has 0 bridgehead atoms. The average Bonchev–Trinajstić information content (AvgIpc) is 2.29. The van der Waals surface area contributed by atoms with Crippen LogP contribution in [0.15, 0.2) is 0 Å². The van der Waals surface area contributed by atoms with Crippen LogP contribution in [0.3, 0.4) is 0 Å². The van der Waals surface area contributed by atoms with Crippen molar-refractivity contribution in [3.63, 3.8) is 0 Å². The van der Waals surface area contributed by atoms with E-state index in [9.17, 15) is 9.90 Å². The summed E-state index contributed by atoms with van der Waals surface area (Å²) in [7, 11) is 0. The van der Waals surface area contributed by atoms with E-state index in [0.717, 1.165) is 12.8 Å². The number of nitrogens with zero attached hydrogens (tertiary/aromatic N) is 1. The van der Waals surface area contributed by atoms with E-state index in [1.807, 2.05) is 0 Å². The number of carbonyl (C=O) groups excluding carboxylic acids is 1. The molecular weight excluding hydrogens is 198 g/mol. The molecule has 2 heterocycles. The van der Waals surface area contributed by atoms with E-state index in [1.165, 1.54) is 0 Å². The molecule has 0 aromatic carbocycles. The Morgan fingerprint density at radius 1 is 1.33 bits per heavy atom. The van der Waals surface area contributed by atoms with Crippen LogP contribution in [0.4, 0.5) is 0 Å². The van der Waals surface area contributed by atoms with Gasteiger partial charge >= 0.3 is 0 Å². The number of rotatable bonds is 2. The highest BCUT2D eigenvalue weighted by atomic mass is 16.5. The smallest absolute Gasteiger partial charge is 0.249 e. The summed E-state index contributed by atoms with van der Waals surface area (Å²) in [6, 6.07) is 0.0432. The van der Waals surface area contributed by atoms with Crippen LogP contribution in [-0.2, 0) is 14.3 Å². The molecule has 2 fully saturated rings. The summed E-state index contributed by atoms with van der Waals surface area (Å²) in [5.74, 6) is -0.00722. The largest absolute Gasteiger partial charge is 0.394 e. The normalized spacial score (nSPS) is 29.5. The molecule has 2 rings (SSSR count). The Morgan fingerprint density at radius 2 is 2.07 bits per heavy atom. The first-order valence-electron chi connectivity index (χ1n) is 5.40. The summed E-state index contributed by atoms with van der Waals surface area (Å²) in [5, 5.41) is 9.20. The molecule has 0 saturated carbocycles. The van der Waals surface area contributed by atoms with Crippen molar-refractivity contribution in [2.75, 3.05) is 33.0 Å². The minimum atomic E-state index is -0.172. The Labute approximate surface area is 89.0 Å². The zero-order chi connectivity index (χ0) is 10.7. The minimum Gasteiger partial charge on any atom is -0.394 e. The first-order valence-corrected chi connectivity index (χ1v) is 5.40. The zero-order valence-corrected chi connectivity index (χ0v) is 8.72. The molecule has 15 heavy (non-hydrogen) atoms. The SMILES string of the molecule is O=C1COCC(CO)N1C1CCOCC1. The van der Waals surface area contributed by atoms with Gasteiger partial charge in [-0.15, -0.1) is 0 Å². The summed E-state index contributed by atoms with van der Waals surface area (Å²) in [6.07, 6.45) is 1.73. The first-order chi connectivity index (χ1) is 7.33. The van der Waals surface area contributed by atoms with Gasteiger partial charge in [0.15, 0.2) is 0 Å². The fraction of sp³-hybridized carbons (Fsp3) is 0.900. The Morgan fingerprint density at radius 3 is 2.73 bits per heavy atom. The predicted octanol–water partition coefficient (Wildman–Crippen LogP) is -0.615. The van der Waals surface area contributed by atoms with E-state index >= 15 is 0 Å². The van der Waals surface area contributed by atoms with Crippen LogP contribution < -0.4 is 0 Å². The van der Waals surface area contributed by atoms with Crippen molar-refractivity contribution >= 4 is 5.91 Å². The van der Waals surface area contributed by atoms with Crippen LogP contribution in [0.25, 0.3) is 0 Å². The lowest BCUT2D eigenvalue weighted by atomic mass is 10.0. The number of hydrogen-bond acceptors (Lipinski definition) is 4. The summed E-state index contributed by atoms with van der Waals surface area (Å²) in [4.78, 5) is 13.5. The molecule has 0 aromatic rings. The van der Waals surface area contributed by atoms with Gasteiger partial charge in [0.05, 0.1) is 19.3 Å². The number of carbonyl (C=O) groups is 1. The van der Waals surface area contributed by atoms with Gasteiger partial charge in [0.1, 0.15) is 6.61 Å². The van der Waals surface area contributed by atoms with Gasteiger partial charge in [-0.05, 0) is 12.8 Å². The maximum atomic E-state index is 11.7. The van der Waals surface area contributed by atoms with Gasteiger partial charge in [-0.3, -0.25) is 4.79 Å². The van der Waals surface area contributed by atoms with Crippen molar-refractivity contribution in [2.24, 2.45) is 0 Å². The minimum absolute atomic E-state index is 0.00722. The molecule has 1 atom stereocenters. The highest BCUT2D eigenvalue weighted by molar-refractivity contribution is 5.78. The van der Waals surface area contributed by atoms with Crippen LogP contribution >= 0.6 is 0 Å². The molecule has 5 nitrogen and oxygen atoms in total. The second-order valence-electron chi connectivity index (χ2n) is 4.00. The third kappa shape index (κ3) is 2.30. The van der Waals surface area contributed by atoms with Crippen LogP contribution in [0.2, 0.25) is 0 Å². The van der Waals surface area contributed by atoms with Crippen molar-refractivity contribution in [1.29, 1.82) is 0 Å². The Hall–Kier alpha value is -0.650. The van der Waals surface area contributed by atoms with Gasteiger partial charge in [-0.25, -0.2) is 0 Å². The van der Waals surface area contributed by atoms with E-state index in [0.29, 0.717) is 19.8 Å². The third-order valence-corrected chi connectivity index (χ3v) is 3.01. The number of aliphatic hydroxyl groups excluding tert-OH is 1. The average molecular weight is 215 g/mol. The Bertz CT molecular complexity index is 227. The van der Waals surface area contributed by atoms with Crippen LogP contribution in [0.5, 0.6) is 0 Å².